The highest BCUT2D eigenvalue weighted by Gasteiger charge is 2.35. The van der Waals surface area contributed by atoms with E-state index in [1.165, 1.54) is 19.9 Å². The molecule has 0 aliphatic carbocycles. The summed E-state index contributed by atoms with van der Waals surface area (Å²) in [7, 11) is 0. The van der Waals surface area contributed by atoms with Crippen LogP contribution in [-0.2, 0) is 36.5 Å². The molecule has 1 atom stereocenters. The van der Waals surface area contributed by atoms with Crippen molar-refractivity contribution in [2.75, 3.05) is 13.2 Å². The number of alkyl halides is 3. The molecule has 0 aliphatic rings. The van der Waals surface area contributed by atoms with Crippen molar-refractivity contribution in [2.24, 2.45) is 5.92 Å². The first-order chi connectivity index (χ1) is 11.2. The standard InChI is InChI=1S/C16H17F3O5/c1-3-23-14(21)12(13(20)15(22)24-4-2)9-10-6-5-7-11(8-10)16(17,18)19/h5-8,12H,3-4,9H2,1-2H3/t12-/m1/s1. The molecule has 8 heteroatoms. The van der Waals surface area contributed by atoms with Gasteiger partial charge in [0.25, 0.3) is 5.78 Å². The predicted molar refractivity (Wildman–Crippen MR) is 76.9 cm³/mol. The van der Waals surface area contributed by atoms with Crippen LogP contribution in [0.4, 0.5) is 13.2 Å². The number of ketones is 1. The molecule has 1 aromatic rings. The largest absolute Gasteiger partial charge is 0.465 e. The summed E-state index contributed by atoms with van der Waals surface area (Å²) >= 11 is 0. The van der Waals surface area contributed by atoms with Crippen LogP contribution in [0.1, 0.15) is 25.0 Å². The van der Waals surface area contributed by atoms with E-state index in [0.717, 1.165) is 18.2 Å². The van der Waals surface area contributed by atoms with E-state index in [4.69, 9.17) is 4.74 Å². The number of Topliss-reactive ketones (excluding diaryl/α,β-unsaturated/α-hetero) is 1. The molecule has 24 heavy (non-hydrogen) atoms. The normalized spacial score (nSPS) is 12.4. The molecule has 5 nitrogen and oxygen atoms in total. The van der Waals surface area contributed by atoms with Gasteiger partial charge in [-0.25, -0.2) is 4.79 Å². The van der Waals surface area contributed by atoms with E-state index >= 15 is 0 Å². The van der Waals surface area contributed by atoms with Crippen LogP contribution in [0.2, 0.25) is 0 Å². The molecule has 0 fully saturated rings. The number of carbonyl (C=O) groups excluding carboxylic acids is 3. The molecule has 1 aromatic carbocycles. The minimum Gasteiger partial charge on any atom is -0.465 e. The first kappa shape index (κ1) is 19.7. The Morgan fingerprint density at radius 1 is 1.08 bits per heavy atom. The highest BCUT2D eigenvalue weighted by Crippen LogP contribution is 2.30. The fraction of sp³-hybridized carbons (Fsp3) is 0.438. The highest BCUT2D eigenvalue weighted by atomic mass is 19.4. The number of esters is 2. The van der Waals surface area contributed by atoms with Crippen LogP contribution in [-0.4, -0.2) is 30.9 Å². The van der Waals surface area contributed by atoms with Gasteiger partial charge in [0, 0.05) is 0 Å². The molecule has 0 bridgehead atoms. The van der Waals surface area contributed by atoms with Crippen LogP contribution < -0.4 is 0 Å². The monoisotopic (exact) mass is 346 g/mol. The topological polar surface area (TPSA) is 69.7 Å². The molecule has 0 N–H and O–H groups in total. The third-order valence-electron chi connectivity index (χ3n) is 3.06. The second-order valence-electron chi connectivity index (χ2n) is 4.79. The quantitative estimate of drug-likeness (QED) is 0.431. The average molecular weight is 346 g/mol. The predicted octanol–water partition coefficient (Wildman–Crippen LogP) is 2.56. The number of hydrogen-bond donors (Lipinski definition) is 0. The van der Waals surface area contributed by atoms with Gasteiger partial charge < -0.3 is 9.47 Å². The van der Waals surface area contributed by atoms with Crippen molar-refractivity contribution >= 4 is 17.7 Å². The van der Waals surface area contributed by atoms with Gasteiger partial charge >= 0.3 is 18.1 Å². The number of rotatable bonds is 7. The van der Waals surface area contributed by atoms with Gasteiger partial charge in [-0.05, 0) is 31.9 Å². The van der Waals surface area contributed by atoms with E-state index in [-0.39, 0.29) is 25.2 Å². The smallest absolute Gasteiger partial charge is 0.416 e. The molecule has 0 aromatic heterocycles. The molecule has 0 amide bonds. The minimum atomic E-state index is -4.55. The average Bonchev–Trinajstić information content (AvgIpc) is 2.52. The lowest BCUT2D eigenvalue weighted by Gasteiger charge is -2.15. The van der Waals surface area contributed by atoms with Gasteiger partial charge in [0.1, 0.15) is 5.92 Å². The fourth-order valence-corrected chi connectivity index (χ4v) is 1.98. The summed E-state index contributed by atoms with van der Waals surface area (Å²) in [5.74, 6) is -4.89. The van der Waals surface area contributed by atoms with Crippen molar-refractivity contribution in [2.45, 2.75) is 26.4 Å². The Morgan fingerprint density at radius 2 is 1.71 bits per heavy atom. The Hall–Kier alpha value is -2.38. The maximum Gasteiger partial charge on any atom is 0.416 e. The van der Waals surface area contributed by atoms with Crippen LogP contribution in [0.25, 0.3) is 0 Å². The van der Waals surface area contributed by atoms with Crippen molar-refractivity contribution in [1.29, 1.82) is 0 Å². The fourth-order valence-electron chi connectivity index (χ4n) is 1.98. The molecule has 0 saturated heterocycles. The molecule has 132 valence electrons. The molecule has 0 heterocycles. The van der Waals surface area contributed by atoms with E-state index in [1.807, 2.05) is 0 Å². The number of ether oxygens (including phenoxy) is 2. The first-order valence-corrected chi connectivity index (χ1v) is 7.24. The summed E-state index contributed by atoms with van der Waals surface area (Å²) in [5.41, 5.74) is -0.827. The maximum atomic E-state index is 12.7. The van der Waals surface area contributed by atoms with Crippen LogP contribution >= 0.6 is 0 Å². The third-order valence-corrected chi connectivity index (χ3v) is 3.06. The lowest BCUT2D eigenvalue weighted by molar-refractivity contribution is -0.162. The molecule has 0 unspecified atom stereocenters. The molecule has 1 rings (SSSR count). The Morgan fingerprint density at radius 3 is 2.25 bits per heavy atom. The van der Waals surface area contributed by atoms with Gasteiger partial charge in [0.15, 0.2) is 0 Å². The second-order valence-corrected chi connectivity index (χ2v) is 4.79. The van der Waals surface area contributed by atoms with E-state index in [9.17, 15) is 27.6 Å². The Balaban J connectivity index is 3.07. The molecular formula is C16H17F3O5. The molecule has 0 radical (unpaired) electrons. The zero-order chi connectivity index (χ0) is 18.3. The van der Waals surface area contributed by atoms with Crippen molar-refractivity contribution < 1.29 is 37.0 Å². The summed E-state index contributed by atoms with van der Waals surface area (Å²) < 4.78 is 47.5. The summed E-state index contributed by atoms with van der Waals surface area (Å²) in [4.78, 5) is 35.5. The van der Waals surface area contributed by atoms with Crippen molar-refractivity contribution in [1.82, 2.24) is 0 Å². The van der Waals surface area contributed by atoms with Gasteiger partial charge in [-0.1, -0.05) is 18.2 Å². The summed E-state index contributed by atoms with van der Waals surface area (Å²) in [5, 5.41) is 0. The van der Waals surface area contributed by atoms with E-state index in [1.54, 1.807) is 0 Å². The van der Waals surface area contributed by atoms with Crippen molar-refractivity contribution in [3.8, 4) is 0 Å². The lowest BCUT2D eigenvalue weighted by atomic mass is 9.94. The number of halogens is 3. The van der Waals surface area contributed by atoms with E-state index < -0.39 is 35.4 Å². The number of benzene rings is 1. The van der Waals surface area contributed by atoms with Crippen molar-refractivity contribution in [3.63, 3.8) is 0 Å². The highest BCUT2D eigenvalue weighted by molar-refractivity contribution is 6.37. The summed E-state index contributed by atoms with van der Waals surface area (Å²) in [6.07, 6.45) is -4.94. The second kappa shape index (κ2) is 8.47. The summed E-state index contributed by atoms with van der Waals surface area (Å²) in [6.45, 7) is 2.89. The molecule has 0 spiro atoms. The van der Waals surface area contributed by atoms with E-state index in [2.05, 4.69) is 4.74 Å². The zero-order valence-corrected chi connectivity index (χ0v) is 13.2. The van der Waals surface area contributed by atoms with Crippen LogP contribution in [0.5, 0.6) is 0 Å². The van der Waals surface area contributed by atoms with Gasteiger partial charge in [-0.3, -0.25) is 9.59 Å². The molecule has 0 aliphatic heterocycles. The Kier molecular flexibility index (Phi) is 6.94. The maximum absolute atomic E-state index is 12.7. The first-order valence-electron chi connectivity index (χ1n) is 7.24. The lowest BCUT2D eigenvalue weighted by Crippen LogP contribution is -2.34. The minimum absolute atomic E-state index is 0.0337. The molecule has 0 saturated carbocycles. The molecular weight excluding hydrogens is 329 g/mol. The Labute approximate surface area is 136 Å². The Bertz CT molecular complexity index is 610. The van der Waals surface area contributed by atoms with Gasteiger partial charge in [-0.15, -0.1) is 0 Å². The third kappa shape index (κ3) is 5.36. The van der Waals surface area contributed by atoms with Gasteiger partial charge in [-0.2, -0.15) is 13.2 Å². The van der Waals surface area contributed by atoms with Crippen LogP contribution in [0.15, 0.2) is 24.3 Å². The van der Waals surface area contributed by atoms with Crippen molar-refractivity contribution in [3.05, 3.63) is 35.4 Å². The van der Waals surface area contributed by atoms with Crippen LogP contribution in [0.3, 0.4) is 0 Å². The number of hydrogen-bond acceptors (Lipinski definition) is 5. The summed E-state index contributed by atoms with van der Waals surface area (Å²) in [6, 6.07) is 4.19. The van der Waals surface area contributed by atoms with E-state index in [0.29, 0.717) is 0 Å². The van der Waals surface area contributed by atoms with Gasteiger partial charge in [0.05, 0.1) is 18.8 Å². The SMILES string of the molecule is CCOC(=O)C(=O)[C@@H](Cc1cccc(C(F)(F)F)c1)C(=O)OCC. The van der Waals surface area contributed by atoms with Gasteiger partial charge in [0.2, 0.25) is 0 Å². The number of carbonyl (C=O) groups is 3. The zero-order valence-electron chi connectivity index (χ0n) is 13.2. The van der Waals surface area contributed by atoms with Crippen LogP contribution in [0, 0.1) is 5.92 Å².